The maximum absolute atomic E-state index is 11.3. The molecule has 2 aromatic heterocycles. The van der Waals surface area contributed by atoms with E-state index >= 15 is 0 Å². The number of thiophene rings is 1. The van der Waals surface area contributed by atoms with Gasteiger partial charge in [-0.3, -0.25) is 9.78 Å². The van der Waals surface area contributed by atoms with Crippen LogP contribution in [0.15, 0.2) is 34.4 Å². The van der Waals surface area contributed by atoms with Crippen molar-refractivity contribution in [2.45, 2.75) is 0 Å². The van der Waals surface area contributed by atoms with E-state index in [2.05, 4.69) is 16.1 Å². The zero-order valence-electron chi connectivity index (χ0n) is 10.0. The Morgan fingerprint density at radius 2 is 2.11 bits per heavy atom. The van der Waals surface area contributed by atoms with Crippen LogP contribution < -0.4 is 5.69 Å². The van der Waals surface area contributed by atoms with Gasteiger partial charge in [-0.2, -0.15) is 5.10 Å². The lowest BCUT2D eigenvalue weighted by atomic mass is 10.2. The Kier molecular flexibility index (Phi) is 3.76. The second-order valence-electron chi connectivity index (χ2n) is 3.65. The smallest absolute Gasteiger partial charge is 0.343 e. The number of aromatic nitrogens is 3. The Hall–Kier alpha value is -2.41. The Morgan fingerprint density at radius 1 is 1.42 bits per heavy atom. The van der Waals surface area contributed by atoms with E-state index in [1.807, 2.05) is 23.6 Å². The average Bonchev–Trinajstić information content (AvgIpc) is 2.95. The molecule has 0 saturated heterocycles. The number of aryl methyl sites for hydroxylation is 1. The lowest BCUT2D eigenvalue weighted by Gasteiger charge is -1.92. The largest absolute Gasteiger partial charge is 0.483 e. The molecule has 0 bridgehead atoms. The van der Waals surface area contributed by atoms with Gasteiger partial charge in [0.05, 0.1) is 0 Å². The number of nitrogens with one attached hydrogen (secondary N) is 1. The number of hydrogen-bond donors (Lipinski definition) is 2. The minimum Gasteiger partial charge on any atom is -0.483 e. The molecule has 0 unspecified atom stereocenters. The molecule has 3 rings (SSSR count). The summed E-state index contributed by atoms with van der Waals surface area (Å²) in [5, 5.41) is 14.2. The average molecular weight is 277 g/mol. The molecule has 2 N–H and O–H groups in total. The molecule has 0 aliphatic rings. The molecule has 0 aliphatic carbocycles. The first-order valence-electron chi connectivity index (χ1n) is 5.35. The number of aromatic amines is 1. The molecule has 3 aromatic rings. The van der Waals surface area contributed by atoms with Crippen molar-refractivity contribution in [3.8, 4) is 11.4 Å². The van der Waals surface area contributed by atoms with Gasteiger partial charge in [0.15, 0.2) is 5.82 Å². The second-order valence-corrected chi connectivity index (χ2v) is 4.56. The first-order valence-corrected chi connectivity index (χ1v) is 6.23. The molecule has 0 spiro atoms. The van der Waals surface area contributed by atoms with Crippen LogP contribution in [0.2, 0.25) is 0 Å². The van der Waals surface area contributed by atoms with Gasteiger partial charge in [-0.05, 0) is 6.07 Å². The van der Waals surface area contributed by atoms with Gasteiger partial charge in [-0.15, -0.1) is 11.3 Å². The molecule has 1 aromatic carbocycles. The molecule has 0 fully saturated rings. The summed E-state index contributed by atoms with van der Waals surface area (Å²) in [5.74, 6) is 0.630. The SMILES string of the molecule is Cn1nc(-c2csc3ccccc23)[nH]c1=O.O=CO. The van der Waals surface area contributed by atoms with Crippen LogP contribution in [0, 0.1) is 0 Å². The third-order valence-corrected chi connectivity index (χ3v) is 3.47. The topological polar surface area (TPSA) is 88.0 Å². The van der Waals surface area contributed by atoms with Gasteiger partial charge in [-0.25, -0.2) is 9.48 Å². The highest BCUT2D eigenvalue weighted by Gasteiger charge is 2.10. The Labute approximate surface area is 111 Å². The predicted octanol–water partition coefficient (Wildman–Crippen LogP) is 1.69. The van der Waals surface area contributed by atoms with Crippen LogP contribution in [0.3, 0.4) is 0 Å². The number of fused-ring (bicyclic) bond motifs is 1. The highest BCUT2D eigenvalue weighted by Crippen LogP contribution is 2.31. The van der Waals surface area contributed by atoms with Crippen molar-refractivity contribution in [3.63, 3.8) is 0 Å². The summed E-state index contributed by atoms with van der Waals surface area (Å²) in [7, 11) is 1.64. The van der Waals surface area contributed by atoms with E-state index in [0.29, 0.717) is 5.82 Å². The van der Waals surface area contributed by atoms with Gasteiger partial charge in [0, 0.05) is 28.1 Å². The third-order valence-electron chi connectivity index (χ3n) is 2.51. The molecule has 0 amide bonds. The van der Waals surface area contributed by atoms with Crippen LogP contribution in [0.1, 0.15) is 0 Å². The molecule has 0 atom stereocenters. The summed E-state index contributed by atoms with van der Waals surface area (Å²) in [4.78, 5) is 22.4. The highest BCUT2D eigenvalue weighted by atomic mass is 32.1. The van der Waals surface area contributed by atoms with Gasteiger partial charge >= 0.3 is 5.69 Å². The number of carbonyl (C=O) groups is 1. The number of rotatable bonds is 1. The van der Waals surface area contributed by atoms with E-state index in [-0.39, 0.29) is 12.2 Å². The number of nitrogens with zero attached hydrogens (tertiary/aromatic N) is 2. The monoisotopic (exact) mass is 277 g/mol. The van der Waals surface area contributed by atoms with Crippen molar-refractivity contribution in [2.24, 2.45) is 7.05 Å². The summed E-state index contributed by atoms with van der Waals surface area (Å²) in [5.41, 5.74) is 0.795. The molecule has 6 nitrogen and oxygen atoms in total. The molecule has 7 heteroatoms. The summed E-state index contributed by atoms with van der Waals surface area (Å²) in [6, 6.07) is 8.09. The fourth-order valence-corrected chi connectivity index (χ4v) is 2.63. The zero-order valence-corrected chi connectivity index (χ0v) is 10.8. The van der Waals surface area contributed by atoms with E-state index in [4.69, 9.17) is 9.90 Å². The van der Waals surface area contributed by atoms with Crippen molar-refractivity contribution in [2.75, 3.05) is 0 Å². The van der Waals surface area contributed by atoms with Crippen LogP contribution in [0.4, 0.5) is 0 Å². The first kappa shape index (κ1) is 13.0. The van der Waals surface area contributed by atoms with E-state index < -0.39 is 0 Å². The van der Waals surface area contributed by atoms with Crippen LogP contribution in [0.5, 0.6) is 0 Å². The quantitative estimate of drug-likeness (QED) is 0.662. The summed E-state index contributed by atoms with van der Waals surface area (Å²) < 4.78 is 2.51. The van der Waals surface area contributed by atoms with Gasteiger partial charge in [0.25, 0.3) is 6.47 Å². The number of benzene rings is 1. The molecule has 0 saturated carbocycles. The van der Waals surface area contributed by atoms with Gasteiger partial charge in [0.1, 0.15) is 0 Å². The maximum Gasteiger partial charge on any atom is 0.343 e. The Balaban J connectivity index is 0.000000408. The number of carboxylic acid groups (broad SMARTS) is 1. The molecule has 2 heterocycles. The van der Waals surface area contributed by atoms with E-state index in [1.165, 1.54) is 9.38 Å². The van der Waals surface area contributed by atoms with E-state index in [9.17, 15) is 4.79 Å². The van der Waals surface area contributed by atoms with Crippen LogP contribution in [0.25, 0.3) is 21.5 Å². The minimum absolute atomic E-state index is 0.190. The van der Waals surface area contributed by atoms with Crippen molar-refractivity contribution in [1.29, 1.82) is 0 Å². The standard InChI is InChI=1S/C11H9N3OS.CH2O2/c1-14-11(15)12-10(13-14)8-6-16-9-5-3-2-4-7(8)9;2-1-3/h2-6H,1H3,(H,12,13,15);1H,(H,2,3). The van der Waals surface area contributed by atoms with Crippen LogP contribution >= 0.6 is 11.3 Å². The fraction of sp³-hybridized carbons (Fsp3) is 0.0833. The third kappa shape index (κ3) is 2.55. The van der Waals surface area contributed by atoms with Crippen LogP contribution in [-0.4, -0.2) is 26.3 Å². The molecule has 0 radical (unpaired) electrons. The molecular weight excluding hydrogens is 266 g/mol. The van der Waals surface area contributed by atoms with E-state index in [0.717, 1.165) is 10.9 Å². The minimum atomic E-state index is -0.250. The molecule has 0 aliphatic heterocycles. The normalized spacial score (nSPS) is 9.95. The van der Waals surface area contributed by atoms with Crippen molar-refractivity contribution < 1.29 is 9.90 Å². The lowest BCUT2D eigenvalue weighted by Crippen LogP contribution is -2.13. The first-order chi connectivity index (χ1) is 9.17. The maximum atomic E-state index is 11.3. The van der Waals surface area contributed by atoms with Gasteiger partial charge in [-0.1, -0.05) is 18.2 Å². The predicted molar refractivity (Wildman–Crippen MR) is 73.3 cm³/mol. The molecular formula is C12H11N3O3S. The van der Waals surface area contributed by atoms with Crippen molar-refractivity contribution in [1.82, 2.24) is 14.8 Å². The summed E-state index contributed by atoms with van der Waals surface area (Å²) in [6.45, 7) is -0.250. The Morgan fingerprint density at radius 3 is 2.74 bits per heavy atom. The highest BCUT2D eigenvalue weighted by molar-refractivity contribution is 7.17. The number of hydrogen-bond acceptors (Lipinski definition) is 4. The van der Waals surface area contributed by atoms with Crippen LogP contribution in [-0.2, 0) is 11.8 Å². The molecule has 98 valence electrons. The van der Waals surface area contributed by atoms with Gasteiger partial charge < -0.3 is 5.11 Å². The molecule has 19 heavy (non-hydrogen) atoms. The summed E-state index contributed by atoms with van der Waals surface area (Å²) >= 11 is 1.65. The van der Waals surface area contributed by atoms with Gasteiger partial charge in [0.2, 0.25) is 0 Å². The lowest BCUT2D eigenvalue weighted by molar-refractivity contribution is -0.122. The second kappa shape index (κ2) is 5.49. The summed E-state index contributed by atoms with van der Waals surface area (Å²) in [6.07, 6.45) is 0. The van der Waals surface area contributed by atoms with Crippen molar-refractivity contribution in [3.05, 3.63) is 40.1 Å². The van der Waals surface area contributed by atoms with Crippen molar-refractivity contribution >= 4 is 27.9 Å². The number of H-pyrrole nitrogens is 1. The zero-order chi connectivity index (χ0) is 13.8. The Bertz CT molecular complexity index is 757. The van der Waals surface area contributed by atoms with E-state index in [1.54, 1.807) is 18.4 Å². The fourth-order valence-electron chi connectivity index (χ4n) is 1.68.